The van der Waals surface area contributed by atoms with E-state index in [0.29, 0.717) is 17.9 Å². The Kier molecular flexibility index (Phi) is 4.30. The van der Waals surface area contributed by atoms with E-state index in [4.69, 9.17) is 10.5 Å². The normalized spacial score (nSPS) is 39.1. The first kappa shape index (κ1) is 20.7. The van der Waals surface area contributed by atoms with Crippen molar-refractivity contribution in [3.63, 3.8) is 0 Å². The molecule has 5 atom stereocenters. The molecule has 5 aliphatic rings. The highest BCUT2D eigenvalue weighted by Gasteiger charge is 2.67. The fraction of sp³-hybridized carbons (Fsp3) is 0.636. The van der Waals surface area contributed by atoms with Gasteiger partial charge in [-0.25, -0.2) is 12.8 Å². The fourth-order valence-corrected chi connectivity index (χ4v) is 8.33. The maximum atomic E-state index is 14.2. The summed E-state index contributed by atoms with van der Waals surface area (Å²) in [5.74, 6) is -0.0758. The Morgan fingerprint density at radius 3 is 2.71 bits per heavy atom. The lowest BCUT2D eigenvalue weighted by atomic mass is 9.68. The van der Waals surface area contributed by atoms with Gasteiger partial charge >= 0.3 is 6.02 Å². The van der Waals surface area contributed by atoms with Crippen LogP contribution in [0.3, 0.4) is 0 Å². The number of ether oxygens (including phenoxy) is 1. The van der Waals surface area contributed by atoms with Gasteiger partial charge in [0.2, 0.25) is 5.91 Å². The summed E-state index contributed by atoms with van der Waals surface area (Å²) in [7, 11) is -3.96. The van der Waals surface area contributed by atoms with E-state index >= 15 is 0 Å². The van der Waals surface area contributed by atoms with E-state index in [0.717, 1.165) is 25.7 Å². The molecule has 31 heavy (non-hydrogen) atoms. The SMILES string of the molecule is CC1(C)OC(NC23CC4CC2CC(C(N)=O)(C4)C3)=NS(=O)(=O)[C@@H]1Cc1ccccc1F. The standard InChI is InChI=1S/C22H28FN3O4S/c1-20(2)17(8-14-5-3-4-6-16(14)23)31(28,29)26-19(30-20)25-22-10-13-7-15(22)11-21(9-13,12-22)18(24)27/h3-6,13,15,17H,7-12H2,1-2H3,(H2,24,27)(H,25,26)/t13?,15?,17-,21?,22?/m1/s1. The van der Waals surface area contributed by atoms with Crippen molar-refractivity contribution in [2.24, 2.45) is 27.4 Å². The number of primary amides is 1. The second-order valence-electron chi connectivity index (χ2n) is 10.4. The van der Waals surface area contributed by atoms with Crippen LogP contribution in [0.25, 0.3) is 0 Å². The lowest BCUT2D eigenvalue weighted by Gasteiger charge is -2.42. The van der Waals surface area contributed by atoms with Crippen LogP contribution in [0, 0.1) is 23.1 Å². The zero-order valence-electron chi connectivity index (χ0n) is 17.7. The van der Waals surface area contributed by atoms with Gasteiger partial charge in [-0.1, -0.05) is 18.2 Å². The van der Waals surface area contributed by atoms with Crippen molar-refractivity contribution in [1.29, 1.82) is 0 Å². The number of sulfonamides is 1. The van der Waals surface area contributed by atoms with Gasteiger partial charge in [0.25, 0.3) is 10.0 Å². The molecule has 1 heterocycles. The van der Waals surface area contributed by atoms with Gasteiger partial charge in [-0.3, -0.25) is 4.79 Å². The van der Waals surface area contributed by atoms with Crippen LogP contribution in [-0.2, 0) is 26.0 Å². The largest absolute Gasteiger partial charge is 0.457 e. The highest BCUT2D eigenvalue weighted by molar-refractivity contribution is 7.91. The van der Waals surface area contributed by atoms with Gasteiger partial charge in [-0.05, 0) is 75.8 Å². The minimum atomic E-state index is -3.96. The molecule has 1 aliphatic heterocycles. The number of nitrogens with two attached hydrogens (primary N) is 1. The molecule has 4 fully saturated rings. The molecule has 1 amide bonds. The summed E-state index contributed by atoms with van der Waals surface area (Å²) in [6.07, 6.45) is 3.95. The summed E-state index contributed by atoms with van der Waals surface area (Å²) >= 11 is 0. The van der Waals surface area contributed by atoms with Crippen molar-refractivity contribution in [2.45, 2.75) is 68.8 Å². The van der Waals surface area contributed by atoms with Crippen LogP contribution in [0.5, 0.6) is 0 Å². The summed E-state index contributed by atoms with van der Waals surface area (Å²) in [6, 6.07) is 6.11. The molecule has 1 aromatic carbocycles. The lowest BCUT2D eigenvalue weighted by molar-refractivity contribution is -0.130. The van der Waals surface area contributed by atoms with Gasteiger partial charge < -0.3 is 15.8 Å². The van der Waals surface area contributed by atoms with Crippen LogP contribution < -0.4 is 11.1 Å². The van der Waals surface area contributed by atoms with E-state index in [1.807, 2.05) is 0 Å². The topological polar surface area (TPSA) is 111 Å². The summed E-state index contributed by atoms with van der Waals surface area (Å²) in [5.41, 5.74) is 4.02. The van der Waals surface area contributed by atoms with Gasteiger partial charge in [0, 0.05) is 5.54 Å². The molecule has 0 aromatic heterocycles. The number of rotatable bonds is 4. The smallest absolute Gasteiger partial charge is 0.301 e. The van der Waals surface area contributed by atoms with Crippen molar-refractivity contribution in [3.05, 3.63) is 35.6 Å². The quantitative estimate of drug-likeness (QED) is 0.733. The lowest BCUT2D eigenvalue weighted by Crippen LogP contribution is -2.58. The summed E-state index contributed by atoms with van der Waals surface area (Å²) < 4.78 is 50.4. The van der Waals surface area contributed by atoms with Crippen molar-refractivity contribution < 1.29 is 22.3 Å². The van der Waals surface area contributed by atoms with E-state index in [2.05, 4.69) is 9.71 Å². The molecular weight excluding hydrogens is 421 g/mol. The molecule has 6 rings (SSSR count). The van der Waals surface area contributed by atoms with Crippen molar-refractivity contribution in [1.82, 2.24) is 5.32 Å². The number of carbonyl (C=O) groups excluding carboxylic acids is 1. The molecule has 7 nitrogen and oxygen atoms in total. The van der Waals surface area contributed by atoms with Gasteiger partial charge in [-0.15, -0.1) is 4.40 Å². The second-order valence-corrected chi connectivity index (χ2v) is 12.2. The van der Waals surface area contributed by atoms with E-state index in [1.165, 1.54) is 6.07 Å². The highest BCUT2D eigenvalue weighted by Crippen LogP contribution is 2.66. The van der Waals surface area contributed by atoms with E-state index in [-0.39, 0.29) is 24.3 Å². The summed E-state index contributed by atoms with van der Waals surface area (Å²) in [6.45, 7) is 3.38. The van der Waals surface area contributed by atoms with Gasteiger partial charge in [0.15, 0.2) is 0 Å². The van der Waals surface area contributed by atoms with E-state index < -0.39 is 37.6 Å². The Bertz CT molecular complexity index is 1090. The van der Waals surface area contributed by atoms with Crippen LogP contribution in [0.4, 0.5) is 4.39 Å². The van der Waals surface area contributed by atoms with Crippen LogP contribution in [0.2, 0.25) is 0 Å². The van der Waals surface area contributed by atoms with Crippen molar-refractivity contribution in [3.8, 4) is 0 Å². The minimum Gasteiger partial charge on any atom is -0.457 e. The zero-order valence-corrected chi connectivity index (χ0v) is 18.5. The summed E-state index contributed by atoms with van der Waals surface area (Å²) in [5, 5.41) is 2.29. The fourth-order valence-electron chi connectivity index (χ4n) is 6.73. The Balaban J connectivity index is 1.43. The van der Waals surface area contributed by atoms with Gasteiger partial charge in [0.05, 0.1) is 5.41 Å². The number of hydrogen-bond donors (Lipinski definition) is 2. The van der Waals surface area contributed by atoms with Crippen molar-refractivity contribution >= 4 is 22.0 Å². The molecule has 4 aliphatic carbocycles. The van der Waals surface area contributed by atoms with Crippen LogP contribution in [-0.4, -0.2) is 36.7 Å². The molecular formula is C22H28FN3O4S. The molecule has 168 valence electrons. The highest BCUT2D eigenvalue weighted by atomic mass is 32.2. The van der Waals surface area contributed by atoms with Crippen LogP contribution >= 0.6 is 0 Å². The molecule has 9 heteroatoms. The van der Waals surface area contributed by atoms with E-state index in [1.54, 1.807) is 32.0 Å². The Hall–Kier alpha value is -2.16. The number of halogens is 1. The summed E-state index contributed by atoms with van der Waals surface area (Å²) in [4.78, 5) is 12.2. The third kappa shape index (κ3) is 3.15. The minimum absolute atomic E-state index is 0.0254. The number of benzene rings is 1. The molecule has 0 radical (unpaired) electrons. The average molecular weight is 450 g/mol. The Morgan fingerprint density at radius 2 is 2.03 bits per heavy atom. The first-order chi connectivity index (χ1) is 14.4. The predicted molar refractivity (Wildman–Crippen MR) is 113 cm³/mol. The third-order valence-electron chi connectivity index (χ3n) is 7.97. The number of carbonyl (C=O) groups is 1. The van der Waals surface area contributed by atoms with Crippen LogP contribution in [0.1, 0.15) is 51.5 Å². The first-order valence-corrected chi connectivity index (χ1v) is 12.3. The van der Waals surface area contributed by atoms with Gasteiger partial charge in [-0.2, -0.15) is 0 Å². The third-order valence-corrected chi connectivity index (χ3v) is 9.84. The Morgan fingerprint density at radius 1 is 1.29 bits per heavy atom. The number of nitrogens with zero attached hydrogens (tertiary/aromatic N) is 1. The average Bonchev–Trinajstić information content (AvgIpc) is 3.00. The number of nitrogens with one attached hydrogen (secondary N) is 1. The molecule has 0 spiro atoms. The van der Waals surface area contributed by atoms with E-state index in [9.17, 15) is 17.6 Å². The Labute approximate surface area is 181 Å². The molecule has 4 unspecified atom stereocenters. The second kappa shape index (κ2) is 6.43. The molecule has 3 N–H and O–H groups in total. The molecule has 4 bridgehead atoms. The van der Waals surface area contributed by atoms with Crippen molar-refractivity contribution in [2.75, 3.05) is 0 Å². The molecule has 4 saturated carbocycles. The monoisotopic (exact) mass is 449 g/mol. The maximum absolute atomic E-state index is 14.2. The number of hydrogen-bond acceptors (Lipinski definition) is 5. The first-order valence-electron chi connectivity index (χ1n) is 10.8. The number of amides is 1. The predicted octanol–water partition coefficient (Wildman–Crippen LogP) is 2.26. The van der Waals surface area contributed by atoms with Crippen LogP contribution in [0.15, 0.2) is 28.7 Å². The van der Waals surface area contributed by atoms with Gasteiger partial charge in [0.1, 0.15) is 16.7 Å². The molecule has 0 saturated heterocycles. The number of amidine groups is 1. The molecule has 1 aromatic rings. The zero-order chi connectivity index (χ0) is 22.2. The maximum Gasteiger partial charge on any atom is 0.301 e.